The monoisotopic (exact) mass is 311 g/mol. The Labute approximate surface area is 123 Å². The first-order chi connectivity index (χ1) is 9.81. The fraction of sp³-hybridized carbons (Fsp3) is 0.385. The van der Waals surface area contributed by atoms with Crippen LogP contribution in [0.25, 0.3) is 0 Å². The molecule has 1 aromatic carbocycles. The van der Waals surface area contributed by atoms with Gasteiger partial charge in [-0.15, -0.1) is 0 Å². The maximum Gasteiger partial charge on any atom is 0.241 e. The first kappa shape index (κ1) is 16.9. The summed E-state index contributed by atoms with van der Waals surface area (Å²) >= 11 is 0. The molecule has 0 saturated carbocycles. The number of ether oxygens (including phenoxy) is 1. The Morgan fingerprint density at radius 2 is 2.24 bits per heavy atom. The summed E-state index contributed by atoms with van der Waals surface area (Å²) in [6, 6.07) is 7.43. The fourth-order valence-corrected chi connectivity index (χ4v) is 2.17. The second-order valence-corrected chi connectivity index (χ2v) is 6.75. The average molecular weight is 311 g/mol. The van der Waals surface area contributed by atoms with Crippen molar-refractivity contribution >= 4 is 21.4 Å². The molecule has 1 aromatic rings. The minimum Gasteiger partial charge on any atom is -0.479 e. The quantitative estimate of drug-likeness (QED) is 0.746. The van der Waals surface area contributed by atoms with Gasteiger partial charge in [-0.3, -0.25) is 4.79 Å². The molecule has 0 radical (unpaired) electrons. The van der Waals surface area contributed by atoms with E-state index in [9.17, 15) is 13.2 Å². The van der Waals surface area contributed by atoms with Gasteiger partial charge in [0.25, 0.3) is 0 Å². The first-order valence-corrected chi connectivity index (χ1v) is 8.22. The van der Waals surface area contributed by atoms with Crippen molar-refractivity contribution in [2.75, 3.05) is 23.9 Å². The average Bonchev–Trinajstić information content (AvgIpc) is 2.42. The molecule has 0 bridgehead atoms. The number of hydrogen-bond donors (Lipinski definition) is 2. The summed E-state index contributed by atoms with van der Waals surface area (Å²) in [7, 11) is -3.15. The van der Waals surface area contributed by atoms with Crippen molar-refractivity contribution in [3.05, 3.63) is 24.3 Å². The summed E-state index contributed by atoms with van der Waals surface area (Å²) in [6.07, 6.45) is 1.14. The maximum absolute atomic E-state index is 11.8. The van der Waals surface area contributed by atoms with Crippen LogP contribution < -0.4 is 15.8 Å². The van der Waals surface area contributed by atoms with E-state index < -0.39 is 21.8 Å². The van der Waals surface area contributed by atoms with Crippen molar-refractivity contribution in [3.63, 3.8) is 0 Å². The van der Waals surface area contributed by atoms with Crippen molar-refractivity contribution in [3.8, 4) is 11.8 Å². The minimum atomic E-state index is -3.15. The minimum absolute atomic E-state index is 0.0509. The summed E-state index contributed by atoms with van der Waals surface area (Å²) in [5, 5.41) is 11.0. The molecule has 0 aliphatic heterocycles. The molecule has 114 valence electrons. The number of carbonyl (C=O) groups excluding carboxylic acids is 1. The molecular weight excluding hydrogens is 294 g/mol. The highest BCUT2D eigenvalue weighted by Gasteiger charge is 2.16. The van der Waals surface area contributed by atoms with Gasteiger partial charge in [-0.1, -0.05) is 6.07 Å². The van der Waals surface area contributed by atoms with Crippen LogP contribution in [-0.2, 0) is 14.6 Å². The Kier molecular flexibility index (Phi) is 6.14. The third-order valence-corrected chi connectivity index (χ3v) is 3.52. The van der Waals surface area contributed by atoms with E-state index in [0.717, 1.165) is 6.26 Å². The predicted octanol–water partition coefficient (Wildman–Crippen LogP) is 0.289. The van der Waals surface area contributed by atoms with Gasteiger partial charge in [0.05, 0.1) is 11.8 Å². The number of sulfone groups is 1. The Morgan fingerprint density at radius 3 is 2.86 bits per heavy atom. The maximum atomic E-state index is 11.8. The van der Waals surface area contributed by atoms with Crippen molar-refractivity contribution < 1.29 is 17.9 Å². The Hall–Kier alpha value is -2.11. The molecule has 8 heteroatoms. The van der Waals surface area contributed by atoms with Crippen molar-refractivity contribution in [1.82, 2.24) is 0 Å². The number of nitrogens with one attached hydrogen (secondary N) is 1. The van der Waals surface area contributed by atoms with Crippen molar-refractivity contribution in [2.24, 2.45) is 5.73 Å². The molecule has 1 atom stereocenters. The molecule has 0 aromatic heterocycles. The lowest BCUT2D eigenvalue weighted by molar-refractivity contribution is -0.117. The van der Waals surface area contributed by atoms with Gasteiger partial charge in [-0.05, 0) is 18.6 Å². The highest BCUT2D eigenvalue weighted by molar-refractivity contribution is 7.90. The zero-order chi connectivity index (χ0) is 15.9. The van der Waals surface area contributed by atoms with Crippen LogP contribution in [0.15, 0.2) is 24.3 Å². The van der Waals surface area contributed by atoms with E-state index in [1.165, 1.54) is 0 Å². The van der Waals surface area contributed by atoms with E-state index in [2.05, 4.69) is 5.32 Å². The highest BCUT2D eigenvalue weighted by Crippen LogP contribution is 2.17. The lowest BCUT2D eigenvalue weighted by Gasteiger charge is -2.12. The van der Waals surface area contributed by atoms with Gasteiger partial charge in [-0.2, -0.15) is 5.26 Å². The summed E-state index contributed by atoms with van der Waals surface area (Å²) in [4.78, 5) is 11.8. The second-order valence-electron chi connectivity index (χ2n) is 4.49. The normalized spacial score (nSPS) is 12.2. The number of rotatable bonds is 7. The summed E-state index contributed by atoms with van der Waals surface area (Å²) in [6.45, 7) is -0.0920. The second kappa shape index (κ2) is 7.61. The van der Waals surface area contributed by atoms with E-state index in [1.807, 2.05) is 6.07 Å². The lowest BCUT2D eigenvalue weighted by Crippen LogP contribution is -2.37. The number of benzene rings is 1. The van der Waals surface area contributed by atoms with Gasteiger partial charge in [0, 0.05) is 18.0 Å². The SMILES string of the molecule is CS(=O)(=O)CCC(N)C(=O)Nc1cccc(OCC#N)c1. The number of nitrogens with zero attached hydrogens (tertiary/aromatic N) is 1. The predicted molar refractivity (Wildman–Crippen MR) is 78.5 cm³/mol. The topological polar surface area (TPSA) is 122 Å². The lowest BCUT2D eigenvalue weighted by atomic mass is 10.2. The van der Waals surface area contributed by atoms with Crippen LogP contribution in [0.1, 0.15) is 6.42 Å². The molecule has 0 aliphatic rings. The zero-order valence-corrected chi connectivity index (χ0v) is 12.4. The summed E-state index contributed by atoms with van der Waals surface area (Å²) in [5.41, 5.74) is 6.10. The zero-order valence-electron chi connectivity index (χ0n) is 11.6. The van der Waals surface area contributed by atoms with Crippen molar-refractivity contribution in [2.45, 2.75) is 12.5 Å². The number of carbonyl (C=O) groups is 1. The molecule has 0 heterocycles. The number of nitriles is 1. The molecule has 1 unspecified atom stereocenters. The molecular formula is C13H17N3O4S. The molecule has 3 N–H and O–H groups in total. The van der Waals surface area contributed by atoms with Crippen molar-refractivity contribution in [1.29, 1.82) is 5.26 Å². The van der Waals surface area contributed by atoms with E-state index in [-0.39, 0.29) is 18.8 Å². The third kappa shape index (κ3) is 6.74. The molecule has 1 rings (SSSR count). The molecule has 0 spiro atoms. The van der Waals surface area contributed by atoms with Crippen LogP contribution in [0.5, 0.6) is 5.75 Å². The standard InChI is InChI=1S/C13H17N3O4S/c1-21(18,19)8-5-12(15)13(17)16-10-3-2-4-11(9-10)20-7-6-14/h2-4,9,12H,5,7-8,15H2,1H3,(H,16,17). The van der Waals surface area contributed by atoms with Gasteiger partial charge in [0.15, 0.2) is 6.61 Å². The van der Waals surface area contributed by atoms with E-state index in [4.69, 9.17) is 15.7 Å². The van der Waals surface area contributed by atoms with Crippen LogP contribution in [0.3, 0.4) is 0 Å². The molecule has 0 fully saturated rings. The molecule has 0 aliphatic carbocycles. The smallest absolute Gasteiger partial charge is 0.241 e. The number of nitrogens with two attached hydrogens (primary N) is 1. The van der Waals surface area contributed by atoms with Gasteiger partial charge in [0.1, 0.15) is 21.7 Å². The number of hydrogen-bond acceptors (Lipinski definition) is 6. The summed E-state index contributed by atoms with van der Waals surface area (Å²) in [5.74, 6) is -0.178. The Bertz CT molecular complexity index is 637. The van der Waals surface area contributed by atoms with E-state index in [1.54, 1.807) is 24.3 Å². The van der Waals surface area contributed by atoms with Crippen LogP contribution in [-0.4, -0.2) is 39.0 Å². The van der Waals surface area contributed by atoms with Gasteiger partial charge >= 0.3 is 0 Å². The molecule has 7 nitrogen and oxygen atoms in total. The van der Waals surface area contributed by atoms with E-state index in [0.29, 0.717) is 11.4 Å². The molecule has 21 heavy (non-hydrogen) atoms. The third-order valence-electron chi connectivity index (χ3n) is 2.54. The number of anilines is 1. The van der Waals surface area contributed by atoms with Crippen LogP contribution in [0.2, 0.25) is 0 Å². The van der Waals surface area contributed by atoms with Gasteiger partial charge in [-0.25, -0.2) is 8.42 Å². The summed E-state index contributed by atoms with van der Waals surface area (Å²) < 4.78 is 27.2. The van der Waals surface area contributed by atoms with Crippen LogP contribution >= 0.6 is 0 Å². The molecule has 0 saturated heterocycles. The molecule has 1 amide bonds. The Balaban J connectivity index is 2.60. The van der Waals surface area contributed by atoms with E-state index >= 15 is 0 Å². The van der Waals surface area contributed by atoms with Crippen LogP contribution in [0, 0.1) is 11.3 Å². The Morgan fingerprint density at radius 1 is 1.52 bits per heavy atom. The van der Waals surface area contributed by atoms with Crippen LogP contribution in [0.4, 0.5) is 5.69 Å². The number of amides is 1. The highest BCUT2D eigenvalue weighted by atomic mass is 32.2. The van der Waals surface area contributed by atoms with Gasteiger partial charge in [0.2, 0.25) is 5.91 Å². The first-order valence-electron chi connectivity index (χ1n) is 6.16. The van der Waals surface area contributed by atoms with Gasteiger partial charge < -0.3 is 15.8 Å². The fourth-order valence-electron chi connectivity index (χ4n) is 1.49. The largest absolute Gasteiger partial charge is 0.479 e.